The van der Waals surface area contributed by atoms with E-state index in [0.29, 0.717) is 11.4 Å². The SMILES string of the molecule is C=C(Nc1ccnc(-c2ccccn2)c1C)c1n[nH]c2ccc(-c3cn(C)nc3CC)nc12. The number of hydrogen-bond donors (Lipinski definition) is 2. The van der Waals surface area contributed by atoms with Gasteiger partial charge in [-0.3, -0.25) is 19.7 Å². The number of pyridine rings is 3. The van der Waals surface area contributed by atoms with Gasteiger partial charge in [-0.1, -0.05) is 19.6 Å². The quantitative estimate of drug-likeness (QED) is 0.398. The minimum Gasteiger partial charge on any atom is -0.354 e. The lowest BCUT2D eigenvalue weighted by Crippen LogP contribution is -2.03. The van der Waals surface area contributed by atoms with E-state index < -0.39 is 0 Å². The van der Waals surface area contributed by atoms with Crippen molar-refractivity contribution >= 4 is 22.4 Å². The first-order chi connectivity index (χ1) is 16.0. The van der Waals surface area contributed by atoms with Gasteiger partial charge in [-0.2, -0.15) is 10.2 Å². The third kappa shape index (κ3) is 3.76. The second-order valence-corrected chi connectivity index (χ2v) is 7.83. The van der Waals surface area contributed by atoms with Crippen LogP contribution in [0.15, 0.2) is 61.6 Å². The molecule has 0 saturated carbocycles. The highest BCUT2D eigenvalue weighted by Crippen LogP contribution is 2.30. The lowest BCUT2D eigenvalue weighted by Gasteiger charge is -2.13. The molecular weight excluding hydrogens is 412 g/mol. The molecular formula is C25H24N8. The first kappa shape index (κ1) is 20.6. The van der Waals surface area contributed by atoms with Crippen molar-refractivity contribution in [2.24, 2.45) is 7.05 Å². The number of aromatic amines is 1. The predicted molar refractivity (Wildman–Crippen MR) is 130 cm³/mol. The Kier molecular flexibility index (Phi) is 5.18. The summed E-state index contributed by atoms with van der Waals surface area (Å²) in [5.41, 5.74) is 9.34. The first-order valence-electron chi connectivity index (χ1n) is 10.8. The van der Waals surface area contributed by atoms with Crippen LogP contribution < -0.4 is 5.32 Å². The van der Waals surface area contributed by atoms with Gasteiger partial charge in [0.2, 0.25) is 0 Å². The fourth-order valence-electron chi connectivity index (χ4n) is 3.92. The summed E-state index contributed by atoms with van der Waals surface area (Å²) >= 11 is 0. The van der Waals surface area contributed by atoms with E-state index in [-0.39, 0.29) is 0 Å². The molecule has 0 aliphatic rings. The molecule has 5 aromatic rings. The average Bonchev–Trinajstić information content (AvgIpc) is 3.43. The van der Waals surface area contributed by atoms with E-state index in [1.807, 2.05) is 61.2 Å². The Morgan fingerprint density at radius 3 is 2.76 bits per heavy atom. The van der Waals surface area contributed by atoms with E-state index in [1.54, 1.807) is 12.4 Å². The molecule has 0 amide bonds. The van der Waals surface area contributed by atoms with Gasteiger partial charge >= 0.3 is 0 Å². The number of H-pyrrole nitrogens is 1. The Morgan fingerprint density at radius 2 is 1.97 bits per heavy atom. The molecule has 5 aromatic heterocycles. The van der Waals surface area contributed by atoms with Crippen LogP contribution in [-0.4, -0.2) is 34.9 Å². The lowest BCUT2D eigenvalue weighted by molar-refractivity contribution is 0.746. The van der Waals surface area contributed by atoms with Crippen molar-refractivity contribution in [3.8, 4) is 22.6 Å². The summed E-state index contributed by atoms with van der Waals surface area (Å²) < 4.78 is 1.82. The zero-order valence-corrected chi connectivity index (χ0v) is 18.8. The van der Waals surface area contributed by atoms with E-state index in [2.05, 4.69) is 44.1 Å². The fraction of sp³-hybridized carbons (Fsp3) is 0.160. The largest absolute Gasteiger partial charge is 0.354 e. The third-order valence-corrected chi connectivity index (χ3v) is 5.61. The second kappa shape index (κ2) is 8.31. The van der Waals surface area contributed by atoms with Crippen LogP contribution in [0.4, 0.5) is 5.69 Å². The van der Waals surface area contributed by atoms with Crippen LogP contribution in [-0.2, 0) is 13.5 Å². The van der Waals surface area contributed by atoms with Crippen molar-refractivity contribution in [1.29, 1.82) is 0 Å². The summed E-state index contributed by atoms with van der Waals surface area (Å²) in [6, 6.07) is 11.7. The number of nitrogens with zero attached hydrogens (tertiary/aromatic N) is 6. The number of anilines is 1. The summed E-state index contributed by atoms with van der Waals surface area (Å²) in [4.78, 5) is 13.9. The molecule has 0 aromatic carbocycles. The molecule has 5 heterocycles. The van der Waals surface area contributed by atoms with Crippen molar-refractivity contribution in [3.63, 3.8) is 0 Å². The Hall–Kier alpha value is -4.33. The molecule has 0 atom stereocenters. The van der Waals surface area contributed by atoms with Crippen LogP contribution in [0.3, 0.4) is 0 Å². The normalized spacial score (nSPS) is 11.1. The number of rotatable bonds is 6. The molecule has 0 bridgehead atoms. The molecule has 0 aliphatic carbocycles. The highest BCUT2D eigenvalue weighted by atomic mass is 15.3. The van der Waals surface area contributed by atoms with Gasteiger partial charge in [0.15, 0.2) is 0 Å². The molecule has 0 saturated heterocycles. The highest BCUT2D eigenvalue weighted by molar-refractivity contribution is 5.91. The van der Waals surface area contributed by atoms with E-state index in [1.165, 1.54) is 0 Å². The molecule has 0 radical (unpaired) electrons. The first-order valence-corrected chi connectivity index (χ1v) is 10.8. The van der Waals surface area contributed by atoms with Crippen LogP contribution in [0.1, 0.15) is 23.9 Å². The summed E-state index contributed by atoms with van der Waals surface area (Å²) in [6.07, 6.45) is 6.36. The van der Waals surface area contributed by atoms with Gasteiger partial charge < -0.3 is 5.32 Å². The minimum absolute atomic E-state index is 0.647. The minimum atomic E-state index is 0.647. The molecule has 164 valence electrons. The maximum atomic E-state index is 4.91. The van der Waals surface area contributed by atoms with E-state index in [9.17, 15) is 0 Å². The molecule has 0 spiro atoms. The molecule has 0 unspecified atom stereocenters. The van der Waals surface area contributed by atoms with Crippen molar-refractivity contribution < 1.29 is 0 Å². The molecule has 8 heteroatoms. The van der Waals surface area contributed by atoms with Crippen LogP contribution in [0.2, 0.25) is 0 Å². The van der Waals surface area contributed by atoms with Gasteiger partial charge in [-0.05, 0) is 43.7 Å². The fourth-order valence-corrected chi connectivity index (χ4v) is 3.92. The second-order valence-electron chi connectivity index (χ2n) is 7.83. The summed E-state index contributed by atoms with van der Waals surface area (Å²) in [7, 11) is 1.92. The molecule has 0 fully saturated rings. The van der Waals surface area contributed by atoms with E-state index in [0.717, 1.165) is 57.0 Å². The molecule has 33 heavy (non-hydrogen) atoms. The van der Waals surface area contributed by atoms with Gasteiger partial charge in [0, 0.05) is 42.5 Å². The number of nitrogens with one attached hydrogen (secondary N) is 2. The van der Waals surface area contributed by atoms with Crippen LogP contribution in [0.5, 0.6) is 0 Å². The van der Waals surface area contributed by atoms with Crippen molar-refractivity contribution in [2.45, 2.75) is 20.3 Å². The van der Waals surface area contributed by atoms with Gasteiger partial charge in [-0.25, -0.2) is 4.98 Å². The highest BCUT2D eigenvalue weighted by Gasteiger charge is 2.16. The van der Waals surface area contributed by atoms with Gasteiger partial charge in [0.1, 0.15) is 11.2 Å². The molecule has 8 nitrogen and oxygen atoms in total. The topological polar surface area (TPSA) is 97.2 Å². The average molecular weight is 437 g/mol. The number of aryl methyl sites for hydroxylation is 2. The Balaban J connectivity index is 1.50. The molecule has 2 N–H and O–H groups in total. The standard InChI is InChI=1S/C25H24N8/c1-5-18-17(14-33(4)32-18)20-9-10-22-25(29-20)24(31-30-22)16(3)28-19-11-13-27-23(15(19)2)21-8-6-7-12-26-21/h6-14H,3,5H2,1-2,4H3,(H,27,28)(H,30,31). The van der Waals surface area contributed by atoms with E-state index in [4.69, 9.17) is 4.98 Å². The molecule has 0 aliphatic heterocycles. The monoisotopic (exact) mass is 436 g/mol. The van der Waals surface area contributed by atoms with Gasteiger partial charge in [0.05, 0.1) is 34.0 Å². The lowest BCUT2D eigenvalue weighted by atomic mass is 10.1. The van der Waals surface area contributed by atoms with E-state index >= 15 is 0 Å². The number of aromatic nitrogens is 7. The summed E-state index contributed by atoms with van der Waals surface area (Å²) in [5, 5.41) is 15.5. The Labute approximate surface area is 191 Å². The number of hydrogen-bond acceptors (Lipinski definition) is 6. The maximum Gasteiger partial charge on any atom is 0.134 e. The number of fused-ring (bicyclic) bond motifs is 1. The zero-order chi connectivity index (χ0) is 22.9. The molecule has 5 rings (SSSR count). The van der Waals surface area contributed by atoms with Gasteiger partial charge in [-0.15, -0.1) is 0 Å². The van der Waals surface area contributed by atoms with Crippen LogP contribution in [0.25, 0.3) is 39.4 Å². The smallest absolute Gasteiger partial charge is 0.134 e. The van der Waals surface area contributed by atoms with Crippen LogP contribution >= 0.6 is 0 Å². The third-order valence-electron chi connectivity index (χ3n) is 5.61. The Morgan fingerprint density at radius 1 is 1.09 bits per heavy atom. The van der Waals surface area contributed by atoms with Crippen molar-refractivity contribution in [2.75, 3.05) is 5.32 Å². The zero-order valence-electron chi connectivity index (χ0n) is 18.8. The maximum absolute atomic E-state index is 4.91. The Bertz CT molecular complexity index is 1460. The summed E-state index contributed by atoms with van der Waals surface area (Å²) in [5.74, 6) is 0. The summed E-state index contributed by atoms with van der Waals surface area (Å²) in [6.45, 7) is 8.35. The predicted octanol–water partition coefficient (Wildman–Crippen LogP) is 4.77. The van der Waals surface area contributed by atoms with Gasteiger partial charge in [0.25, 0.3) is 0 Å². The van der Waals surface area contributed by atoms with Crippen LogP contribution in [0, 0.1) is 6.92 Å². The van der Waals surface area contributed by atoms with Crippen molar-refractivity contribution in [1.82, 2.24) is 34.9 Å². The van der Waals surface area contributed by atoms with Crippen molar-refractivity contribution in [3.05, 3.63) is 78.5 Å².